The van der Waals surface area contributed by atoms with Crippen molar-refractivity contribution in [3.05, 3.63) is 47.7 Å². The van der Waals surface area contributed by atoms with Crippen molar-refractivity contribution >= 4 is 22.0 Å². The molecule has 1 unspecified atom stereocenters. The molecule has 1 aliphatic rings. The van der Waals surface area contributed by atoms with Crippen molar-refractivity contribution in [1.82, 2.24) is 4.98 Å². The van der Waals surface area contributed by atoms with E-state index >= 15 is 0 Å². The van der Waals surface area contributed by atoms with E-state index in [1.807, 2.05) is 0 Å². The van der Waals surface area contributed by atoms with Crippen molar-refractivity contribution in [2.45, 2.75) is 46.5 Å². The summed E-state index contributed by atoms with van der Waals surface area (Å²) >= 11 is 0. The Morgan fingerprint density at radius 1 is 1.38 bits per heavy atom. The number of H-pyrrole nitrogens is 1. The molecule has 1 aliphatic carbocycles. The number of nitrogens with one attached hydrogen (secondary N) is 1. The zero-order valence-electron chi connectivity index (χ0n) is 13.4. The average Bonchev–Trinajstić information content (AvgIpc) is 2.82. The average molecular weight is 279 g/mol. The lowest BCUT2D eigenvalue weighted by Crippen LogP contribution is -2.09. The fraction of sp³-hybridized carbons (Fsp3) is 0.400. The van der Waals surface area contributed by atoms with Crippen LogP contribution in [-0.2, 0) is 6.42 Å². The molecule has 1 N–H and O–H groups in total. The number of hydrogen-bond acceptors (Lipinski definition) is 0. The topological polar surface area (TPSA) is 15.8 Å². The van der Waals surface area contributed by atoms with Gasteiger partial charge in [0.1, 0.15) is 0 Å². The van der Waals surface area contributed by atoms with Crippen LogP contribution in [0, 0.1) is 5.92 Å². The molecule has 0 bridgehead atoms. The Bertz CT molecular complexity index is 715. The van der Waals surface area contributed by atoms with E-state index in [2.05, 4.69) is 56.6 Å². The van der Waals surface area contributed by atoms with Gasteiger partial charge in [-0.15, -0.1) is 0 Å². The molecule has 110 valence electrons. The van der Waals surface area contributed by atoms with Gasteiger partial charge >= 0.3 is 0 Å². The molecule has 0 saturated heterocycles. The summed E-state index contributed by atoms with van der Waals surface area (Å²) in [4.78, 5) is 3.64. The van der Waals surface area contributed by atoms with E-state index in [9.17, 15) is 0 Å². The summed E-state index contributed by atoms with van der Waals surface area (Å²) < 4.78 is 0. The van der Waals surface area contributed by atoms with Crippen LogP contribution in [0.3, 0.4) is 0 Å². The minimum atomic E-state index is 0.693. The maximum absolute atomic E-state index is 4.35. The van der Waals surface area contributed by atoms with E-state index in [-0.39, 0.29) is 0 Å². The summed E-state index contributed by atoms with van der Waals surface area (Å²) in [6.45, 7) is 11.1. The second-order valence-electron chi connectivity index (χ2n) is 6.50. The smallest absolute Gasteiger partial charge is 0.0468 e. The number of aromatic amines is 1. The molecule has 0 spiro atoms. The minimum Gasteiger partial charge on any atom is -0.358 e. The normalized spacial score (nSPS) is 19.1. The maximum atomic E-state index is 4.35. The quantitative estimate of drug-likeness (QED) is 0.712. The zero-order chi connectivity index (χ0) is 15.0. The van der Waals surface area contributed by atoms with Gasteiger partial charge < -0.3 is 4.98 Å². The molecule has 1 heterocycles. The maximum Gasteiger partial charge on any atom is 0.0468 e. The molecule has 0 aliphatic heterocycles. The Morgan fingerprint density at radius 3 is 2.95 bits per heavy atom. The van der Waals surface area contributed by atoms with Crippen LogP contribution in [0.15, 0.2) is 30.9 Å². The second-order valence-corrected chi connectivity index (χ2v) is 6.50. The van der Waals surface area contributed by atoms with Gasteiger partial charge in [-0.1, -0.05) is 45.1 Å². The van der Waals surface area contributed by atoms with Gasteiger partial charge in [-0.3, -0.25) is 0 Å². The van der Waals surface area contributed by atoms with E-state index < -0.39 is 0 Å². The van der Waals surface area contributed by atoms with E-state index in [4.69, 9.17) is 0 Å². The molecule has 1 nitrogen and oxygen atoms in total. The van der Waals surface area contributed by atoms with Crippen LogP contribution in [0.5, 0.6) is 0 Å². The summed E-state index contributed by atoms with van der Waals surface area (Å²) in [5.41, 5.74) is 8.08. The third kappa shape index (κ3) is 2.46. The fourth-order valence-electron chi connectivity index (χ4n) is 3.59. The molecule has 2 aromatic rings. The Kier molecular flexibility index (Phi) is 3.75. The summed E-state index contributed by atoms with van der Waals surface area (Å²) in [5.74, 6) is 0.693. The summed E-state index contributed by atoms with van der Waals surface area (Å²) in [6.07, 6.45) is 6.96. The number of aromatic nitrogens is 1. The SMILES string of the molecule is C=C1CC(C)Cc2[nH]c3cccc(/C(C)=C/CCC)c3c21. The summed E-state index contributed by atoms with van der Waals surface area (Å²) in [5, 5.41) is 1.38. The summed E-state index contributed by atoms with van der Waals surface area (Å²) in [6, 6.07) is 6.61. The monoisotopic (exact) mass is 279 g/mol. The molecule has 0 radical (unpaired) electrons. The van der Waals surface area contributed by atoms with Gasteiger partial charge in [-0.2, -0.15) is 0 Å². The standard InChI is InChI=1S/C20H25N/c1-5-6-8-14(3)16-9-7-10-17-20(16)19-15(4)11-13(2)12-18(19)21-17/h7-10,13,21H,4-6,11-12H2,1-3H3/b14-8+. The predicted octanol–water partition coefficient (Wildman–Crippen LogP) is 5.97. The number of benzene rings is 1. The van der Waals surface area contributed by atoms with Crippen molar-refractivity contribution in [3.8, 4) is 0 Å². The molecular weight excluding hydrogens is 254 g/mol. The number of rotatable bonds is 3. The van der Waals surface area contributed by atoms with E-state index in [1.54, 1.807) is 0 Å². The van der Waals surface area contributed by atoms with Crippen LogP contribution in [0.1, 0.15) is 56.9 Å². The Hall–Kier alpha value is -1.76. The first kappa shape index (κ1) is 14.2. The molecule has 1 heteroatoms. The second kappa shape index (κ2) is 5.55. The van der Waals surface area contributed by atoms with Crippen molar-refractivity contribution in [1.29, 1.82) is 0 Å². The van der Waals surface area contributed by atoms with Crippen LogP contribution in [-0.4, -0.2) is 4.98 Å². The molecule has 3 rings (SSSR count). The number of unbranched alkanes of at least 4 members (excludes halogenated alkanes) is 1. The van der Waals surface area contributed by atoms with Gasteiger partial charge in [0.15, 0.2) is 0 Å². The van der Waals surface area contributed by atoms with Gasteiger partial charge in [0, 0.05) is 22.2 Å². The molecule has 21 heavy (non-hydrogen) atoms. The number of hydrogen-bond donors (Lipinski definition) is 1. The summed E-state index contributed by atoms with van der Waals surface area (Å²) in [7, 11) is 0. The molecule has 0 saturated carbocycles. The fourth-order valence-corrected chi connectivity index (χ4v) is 3.59. The predicted molar refractivity (Wildman–Crippen MR) is 93.4 cm³/mol. The van der Waals surface area contributed by atoms with Crippen molar-refractivity contribution in [3.63, 3.8) is 0 Å². The highest BCUT2D eigenvalue weighted by Crippen LogP contribution is 2.40. The van der Waals surface area contributed by atoms with Gasteiger partial charge in [-0.25, -0.2) is 0 Å². The lowest BCUT2D eigenvalue weighted by Gasteiger charge is -2.21. The molecular formula is C20H25N. The molecule has 0 amide bonds. The van der Waals surface area contributed by atoms with E-state index in [0.717, 1.165) is 19.3 Å². The third-order valence-corrected chi connectivity index (χ3v) is 4.57. The lowest BCUT2D eigenvalue weighted by atomic mass is 9.83. The molecule has 1 atom stereocenters. The first-order valence-corrected chi connectivity index (χ1v) is 8.10. The van der Waals surface area contributed by atoms with Crippen LogP contribution < -0.4 is 0 Å². The number of fused-ring (bicyclic) bond motifs is 3. The van der Waals surface area contributed by atoms with Gasteiger partial charge in [0.25, 0.3) is 0 Å². The van der Waals surface area contributed by atoms with Crippen molar-refractivity contribution in [2.75, 3.05) is 0 Å². The van der Waals surface area contributed by atoms with Crippen LogP contribution >= 0.6 is 0 Å². The Labute approximate surface area is 127 Å². The van der Waals surface area contributed by atoms with Crippen molar-refractivity contribution < 1.29 is 0 Å². The highest BCUT2D eigenvalue weighted by atomic mass is 14.7. The van der Waals surface area contributed by atoms with Gasteiger partial charge in [0.2, 0.25) is 0 Å². The minimum absolute atomic E-state index is 0.693. The molecule has 1 aromatic carbocycles. The Morgan fingerprint density at radius 2 is 2.19 bits per heavy atom. The van der Waals surface area contributed by atoms with Crippen molar-refractivity contribution in [2.24, 2.45) is 5.92 Å². The van der Waals surface area contributed by atoms with Crippen LogP contribution in [0.4, 0.5) is 0 Å². The zero-order valence-corrected chi connectivity index (χ0v) is 13.4. The number of allylic oxidation sites excluding steroid dienone is 3. The third-order valence-electron chi connectivity index (χ3n) is 4.57. The Balaban J connectivity index is 2.22. The highest BCUT2D eigenvalue weighted by Gasteiger charge is 2.24. The van der Waals surface area contributed by atoms with Gasteiger partial charge in [-0.05, 0) is 54.9 Å². The van der Waals surface area contributed by atoms with E-state index in [0.29, 0.717) is 5.92 Å². The van der Waals surface area contributed by atoms with Crippen LogP contribution in [0.25, 0.3) is 22.0 Å². The molecule has 0 fully saturated rings. The first-order chi connectivity index (χ1) is 10.1. The van der Waals surface area contributed by atoms with Crippen LogP contribution in [0.2, 0.25) is 0 Å². The first-order valence-electron chi connectivity index (χ1n) is 8.10. The highest BCUT2D eigenvalue weighted by molar-refractivity contribution is 6.01. The lowest BCUT2D eigenvalue weighted by molar-refractivity contribution is 0.576. The largest absolute Gasteiger partial charge is 0.358 e. The molecule has 1 aromatic heterocycles. The van der Waals surface area contributed by atoms with Gasteiger partial charge in [0.05, 0.1) is 0 Å². The van der Waals surface area contributed by atoms with E-state index in [1.165, 1.54) is 45.3 Å².